The first-order valence-corrected chi connectivity index (χ1v) is 10.8. The highest BCUT2D eigenvalue weighted by atomic mass is 35.5. The van der Waals surface area contributed by atoms with Crippen LogP contribution in [0.1, 0.15) is 51.2 Å². The summed E-state index contributed by atoms with van der Waals surface area (Å²) in [5.74, 6) is -0.214. The minimum atomic E-state index is -0.565. The molecule has 1 atom stereocenters. The smallest absolute Gasteiger partial charge is 0.245 e. The maximum atomic E-state index is 13.1. The Hall–Kier alpha value is -2.40. The second-order valence-corrected chi connectivity index (χ2v) is 8.68. The molecule has 0 radical (unpaired) electrons. The van der Waals surface area contributed by atoms with Crippen molar-refractivity contribution in [1.29, 1.82) is 0 Å². The minimum Gasteiger partial charge on any atom is -0.344 e. The van der Waals surface area contributed by atoms with E-state index in [0.717, 1.165) is 17.9 Å². The lowest BCUT2D eigenvalue weighted by molar-refractivity contribution is -0.138. The van der Waals surface area contributed by atoms with Gasteiger partial charge >= 0.3 is 0 Å². The van der Waals surface area contributed by atoms with Crippen molar-refractivity contribution in [3.8, 4) is 0 Å². The van der Waals surface area contributed by atoms with Crippen molar-refractivity contribution in [3.05, 3.63) is 70.5 Å². The van der Waals surface area contributed by atoms with Crippen LogP contribution in [0, 0.1) is 11.7 Å². The number of carbonyl (C=O) groups excluding carboxylic acids is 2. The number of nitrogens with one attached hydrogen (secondary N) is 1. The second-order valence-electron chi connectivity index (χ2n) is 8.24. The van der Waals surface area contributed by atoms with Gasteiger partial charge in [-0.1, -0.05) is 57.1 Å². The molecule has 0 spiro atoms. The zero-order chi connectivity index (χ0) is 21.7. The molecule has 1 N–H and O–H groups in total. The van der Waals surface area contributed by atoms with Crippen molar-refractivity contribution >= 4 is 23.4 Å². The average Bonchev–Trinajstić information content (AvgIpc) is 2.74. The van der Waals surface area contributed by atoms with Crippen LogP contribution in [0.25, 0.3) is 0 Å². The molecule has 1 fully saturated rings. The van der Waals surface area contributed by atoms with Gasteiger partial charge in [-0.05, 0) is 60.1 Å². The van der Waals surface area contributed by atoms with Crippen molar-refractivity contribution < 1.29 is 14.0 Å². The summed E-state index contributed by atoms with van der Waals surface area (Å²) in [6, 6.07) is 13.2. The maximum Gasteiger partial charge on any atom is 0.245 e. The molecule has 0 aliphatic carbocycles. The first-order valence-electron chi connectivity index (χ1n) is 10.4. The van der Waals surface area contributed by atoms with Gasteiger partial charge in [-0.15, -0.1) is 0 Å². The SMILES string of the molecule is C.CC(C)[C@@H](NC(=O)Cc1ccc(F)cc1)C(=O)N1CCC(c2ccc(Cl)cc2)CC1. The molecule has 0 unspecified atom stereocenters. The molecule has 1 aliphatic heterocycles. The van der Waals surface area contributed by atoms with E-state index in [0.29, 0.717) is 24.6 Å². The van der Waals surface area contributed by atoms with Gasteiger partial charge in [0, 0.05) is 18.1 Å². The Kier molecular flexibility index (Phi) is 9.05. The van der Waals surface area contributed by atoms with Gasteiger partial charge in [0.25, 0.3) is 0 Å². The number of carbonyl (C=O) groups is 2. The Balaban J connectivity index is 0.00000341. The van der Waals surface area contributed by atoms with Crippen LogP contribution >= 0.6 is 11.6 Å². The number of nitrogens with zero attached hydrogens (tertiary/aromatic N) is 1. The van der Waals surface area contributed by atoms with E-state index >= 15 is 0 Å². The summed E-state index contributed by atoms with van der Waals surface area (Å²) >= 11 is 5.98. The van der Waals surface area contributed by atoms with Gasteiger partial charge in [0.1, 0.15) is 11.9 Å². The van der Waals surface area contributed by atoms with E-state index < -0.39 is 6.04 Å². The van der Waals surface area contributed by atoms with Crippen LogP contribution in [0.2, 0.25) is 5.02 Å². The van der Waals surface area contributed by atoms with Crippen LogP contribution in [-0.4, -0.2) is 35.8 Å². The van der Waals surface area contributed by atoms with Crippen molar-refractivity contribution in [1.82, 2.24) is 10.2 Å². The molecule has 2 aromatic carbocycles. The molecular formula is C25H32ClFN2O2. The van der Waals surface area contributed by atoms with Gasteiger partial charge in [-0.3, -0.25) is 9.59 Å². The van der Waals surface area contributed by atoms with Gasteiger partial charge < -0.3 is 10.2 Å². The Morgan fingerprint density at radius 3 is 2.19 bits per heavy atom. The zero-order valence-corrected chi connectivity index (χ0v) is 18.2. The Bertz CT molecular complexity index is 860. The first kappa shape index (κ1) is 24.9. The summed E-state index contributed by atoms with van der Waals surface area (Å²) in [5, 5.41) is 3.61. The number of piperidine rings is 1. The topological polar surface area (TPSA) is 49.4 Å². The zero-order valence-electron chi connectivity index (χ0n) is 17.4. The fourth-order valence-corrected chi connectivity index (χ4v) is 4.02. The third kappa shape index (κ3) is 6.79. The van der Waals surface area contributed by atoms with Crippen molar-refractivity contribution in [3.63, 3.8) is 0 Å². The highest BCUT2D eigenvalue weighted by Crippen LogP contribution is 2.29. The van der Waals surface area contributed by atoms with Crippen molar-refractivity contribution in [2.24, 2.45) is 5.92 Å². The lowest BCUT2D eigenvalue weighted by atomic mass is 9.89. The van der Waals surface area contributed by atoms with E-state index in [2.05, 4.69) is 17.4 Å². The van der Waals surface area contributed by atoms with Crippen LogP contribution in [-0.2, 0) is 16.0 Å². The summed E-state index contributed by atoms with van der Waals surface area (Å²) < 4.78 is 13.0. The lowest BCUT2D eigenvalue weighted by Gasteiger charge is -2.35. The van der Waals surface area contributed by atoms with Crippen LogP contribution in [0.15, 0.2) is 48.5 Å². The van der Waals surface area contributed by atoms with Gasteiger partial charge in [0.2, 0.25) is 11.8 Å². The third-order valence-electron chi connectivity index (χ3n) is 5.68. The van der Waals surface area contributed by atoms with E-state index in [1.165, 1.54) is 17.7 Å². The van der Waals surface area contributed by atoms with E-state index in [1.807, 2.05) is 30.9 Å². The van der Waals surface area contributed by atoms with E-state index in [9.17, 15) is 14.0 Å². The standard InChI is InChI=1S/C24H28ClFN2O2.CH4/c1-16(2)23(27-22(29)15-17-3-9-21(26)10-4-17)24(30)28-13-11-19(12-14-28)18-5-7-20(25)8-6-18;/h3-10,16,19,23H,11-15H2,1-2H3,(H,27,29);1H4/t23-;/m1./s1. The Morgan fingerprint density at radius 2 is 1.65 bits per heavy atom. The Labute approximate surface area is 189 Å². The predicted octanol–water partition coefficient (Wildman–Crippen LogP) is 5.20. The summed E-state index contributed by atoms with van der Waals surface area (Å²) in [6.07, 6.45) is 1.90. The summed E-state index contributed by atoms with van der Waals surface area (Å²) in [5.41, 5.74) is 1.96. The monoisotopic (exact) mass is 446 g/mol. The third-order valence-corrected chi connectivity index (χ3v) is 5.93. The molecule has 0 aromatic heterocycles. The lowest BCUT2D eigenvalue weighted by Crippen LogP contribution is -2.53. The van der Waals surface area contributed by atoms with Crippen LogP contribution in [0.5, 0.6) is 0 Å². The van der Waals surface area contributed by atoms with E-state index in [-0.39, 0.29) is 37.4 Å². The number of amides is 2. The highest BCUT2D eigenvalue weighted by molar-refractivity contribution is 6.30. The predicted molar refractivity (Wildman–Crippen MR) is 124 cm³/mol. The maximum absolute atomic E-state index is 13.1. The summed E-state index contributed by atoms with van der Waals surface area (Å²) in [4.78, 5) is 27.4. The highest BCUT2D eigenvalue weighted by Gasteiger charge is 2.31. The number of benzene rings is 2. The second kappa shape index (κ2) is 11.3. The molecule has 0 bridgehead atoms. The van der Waals surface area contributed by atoms with Gasteiger partial charge in [-0.2, -0.15) is 0 Å². The number of hydrogen-bond donors (Lipinski definition) is 1. The molecule has 31 heavy (non-hydrogen) atoms. The Morgan fingerprint density at radius 1 is 1.06 bits per heavy atom. The molecule has 6 heteroatoms. The van der Waals surface area contributed by atoms with Gasteiger partial charge in [0.05, 0.1) is 6.42 Å². The molecule has 0 saturated carbocycles. The van der Waals surface area contributed by atoms with Crippen LogP contribution in [0.4, 0.5) is 4.39 Å². The molecular weight excluding hydrogens is 415 g/mol. The largest absolute Gasteiger partial charge is 0.344 e. The van der Waals surface area contributed by atoms with E-state index in [1.54, 1.807) is 12.1 Å². The first-order chi connectivity index (χ1) is 14.3. The summed E-state index contributed by atoms with van der Waals surface area (Å²) in [6.45, 7) is 5.20. The fourth-order valence-electron chi connectivity index (χ4n) is 3.89. The van der Waals surface area contributed by atoms with Crippen molar-refractivity contribution in [2.75, 3.05) is 13.1 Å². The normalized spacial score (nSPS) is 15.3. The molecule has 1 saturated heterocycles. The summed E-state index contributed by atoms with van der Waals surface area (Å²) in [7, 11) is 0. The molecule has 2 aromatic rings. The molecule has 1 aliphatic rings. The molecule has 2 amide bonds. The van der Waals surface area contributed by atoms with Crippen LogP contribution < -0.4 is 5.32 Å². The molecule has 1 heterocycles. The average molecular weight is 447 g/mol. The van der Waals surface area contributed by atoms with Gasteiger partial charge in [0.15, 0.2) is 0 Å². The molecule has 168 valence electrons. The van der Waals surface area contributed by atoms with Crippen LogP contribution in [0.3, 0.4) is 0 Å². The fraction of sp³-hybridized carbons (Fsp3) is 0.440. The minimum absolute atomic E-state index is 0. The van der Waals surface area contributed by atoms with E-state index in [4.69, 9.17) is 11.6 Å². The quantitative estimate of drug-likeness (QED) is 0.662. The van der Waals surface area contributed by atoms with Gasteiger partial charge in [-0.25, -0.2) is 4.39 Å². The number of likely N-dealkylation sites (tertiary alicyclic amines) is 1. The number of hydrogen-bond acceptors (Lipinski definition) is 2. The number of halogens is 2. The molecule has 3 rings (SSSR count). The number of rotatable bonds is 6. The molecule has 4 nitrogen and oxygen atoms in total. The van der Waals surface area contributed by atoms with Crippen molar-refractivity contribution in [2.45, 2.75) is 52.5 Å².